The molecule has 0 aromatic heterocycles. The molecule has 2 saturated heterocycles. The predicted octanol–water partition coefficient (Wildman–Crippen LogP) is 3.97. The zero-order chi connectivity index (χ0) is 28.8. The van der Waals surface area contributed by atoms with Gasteiger partial charge in [0.25, 0.3) is 11.6 Å². The Labute approximate surface area is 240 Å². The largest absolute Gasteiger partial charge is 0.354 e. The van der Waals surface area contributed by atoms with Crippen molar-refractivity contribution in [3.63, 3.8) is 0 Å². The lowest BCUT2D eigenvalue weighted by atomic mass is 9.85. The molecule has 2 aliphatic heterocycles. The molecule has 2 aromatic rings. The van der Waals surface area contributed by atoms with E-state index in [2.05, 4.69) is 10.2 Å². The van der Waals surface area contributed by atoms with Crippen LogP contribution in [0.25, 0.3) is 6.08 Å². The van der Waals surface area contributed by atoms with Crippen LogP contribution in [0.5, 0.6) is 0 Å². The molecule has 10 nitrogen and oxygen atoms in total. The molecule has 3 fully saturated rings. The van der Waals surface area contributed by atoms with E-state index >= 15 is 0 Å². The molecule has 2 heterocycles. The van der Waals surface area contributed by atoms with Crippen LogP contribution in [0, 0.1) is 16.0 Å². The van der Waals surface area contributed by atoms with Crippen LogP contribution in [0.4, 0.5) is 11.4 Å². The van der Waals surface area contributed by atoms with Crippen molar-refractivity contribution in [2.45, 2.75) is 50.5 Å². The normalized spacial score (nSPS) is 19.2. The Morgan fingerprint density at radius 1 is 1.00 bits per heavy atom. The third-order valence-corrected chi connectivity index (χ3v) is 8.65. The van der Waals surface area contributed by atoms with Crippen LogP contribution in [-0.2, 0) is 14.4 Å². The maximum atomic E-state index is 13.9. The third-order valence-electron chi connectivity index (χ3n) is 8.65. The van der Waals surface area contributed by atoms with E-state index in [1.165, 1.54) is 37.5 Å². The first-order chi connectivity index (χ1) is 19.9. The van der Waals surface area contributed by atoms with Gasteiger partial charge >= 0.3 is 0 Å². The van der Waals surface area contributed by atoms with E-state index in [-0.39, 0.29) is 30.0 Å². The number of likely N-dealkylation sites (tertiary alicyclic amines) is 1. The number of hydrogen-bond donors (Lipinski definition) is 1. The number of carbonyl (C=O) groups excluding carboxylic acids is 3. The summed E-state index contributed by atoms with van der Waals surface area (Å²) in [6, 6.07) is 15.8. The minimum atomic E-state index is -0.816. The molecule has 3 aliphatic rings. The van der Waals surface area contributed by atoms with Crippen molar-refractivity contribution in [3.8, 4) is 0 Å². The zero-order valence-electron chi connectivity index (χ0n) is 23.2. The standard InChI is InChI=1S/C31H37N5O5/c37-28(32-21-25-7-3-1-4-8-25)22-34-23-35(26-9-5-2-6-10-26)31(30(34)39)17-19-33(20-18-31)29(38)16-13-24-11-14-27(15-12-24)36(40)41/h2,5-6,9-16,25H,1,3-4,7-8,17-23H2,(H,32,37)/b16-13+. The second kappa shape index (κ2) is 12.5. The fourth-order valence-corrected chi connectivity index (χ4v) is 6.28. The average molecular weight is 560 g/mol. The number of nitrogens with zero attached hydrogens (tertiary/aromatic N) is 4. The lowest BCUT2D eigenvalue weighted by Crippen LogP contribution is -2.57. The van der Waals surface area contributed by atoms with Crippen molar-refractivity contribution < 1.29 is 19.3 Å². The molecule has 2 aromatic carbocycles. The highest BCUT2D eigenvalue weighted by molar-refractivity contribution is 5.97. The number of anilines is 1. The van der Waals surface area contributed by atoms with Gasteiger partial charge in [0.15, 0.2) is 0 Å². The van der Waals surface area contributed by atoms with Crippen molar-refractivity contribution in [1.29, 1.82) is 0 Å². The van der Waals surface area contributed by atoms with Gasteiger partial charge in [0.05, 0.1) is 11.6 Å². The lowest BCUT2D eigenvalue weighted by Gasteiger charge is -2.43. The minimum absolute atomic E-state index is 0.00486. The summed E-state index contributed by atoms with van der Waals surface area (Å²) in [7, 11) is 0. The highest BCUT2D eigenvalue weighted by Gasteiger charge is 2.54. The predicted molar refractivity (Wildman–Crippen MR) is 156 cm³/mol. The smallest absolute Gasteiger partial charge is 0.269 e. The number of amides is 3. The van der Waals surface area contributed by atoms with Crippen LogP contribution in [0.15, 0.2) is 60.7 Å². The van der Waals surface area contributed by atoms with E-state index in [9.17, 15) is 24.5 Å². The minimum Gasteiger partial charge on any atom is -0.354 e. The van der Waals surface area contributed by atoms with Gasteiger partial charge in [0.1, 0.15) is 12.1 Å². The van der Waals surface area contributed by atoms with E-state index in [4.69, 9.17) is 0 Å². The molecule has 0 atom stereocenters. The molecular formula is C31H37N5O5. The topological polar surface area (TPSA) is 116 Å². The van der Waals surface area contributed by atoms with Crippen molar-refractivity contribution in [3.05, 3.63) is 76.4 Å². The number of para-hydroxylation sites is 1. The van der Waals surface area contributed by atoms with Gasteiger partial charge in [-0.3, -0.25) is 24.5 Å². The first-order valence-electron chi connectivity index (χ1n) is 14.5. The fourth-order valence-electron chi connectivity index (χ4n) is 6.28. The Morgan fingerprint density at radius 2 is 1.68 bits per heavy atom. The second-order valence-corrected chi connectivity index (χ2v) is 11.3. The number of piperidine rings is 1. The van der Waals surface area contributed by atoms with Crippen LogP contribution < -0.4 is 10.2 Å². The molecule has 5 rings (SSSR count). The maximum absolute atomic E-state index is 13.9. The Morgan fingerprint density at radius 3 is 2.34 bits per heavy atom. The molecule has 1 saturated carbocycles. The van der Waals surface area contributed by atoms with Gasteiger partial charge in [-0.15, -0.1) is 0 Å². The number of nitro benzene ring substituents is 1. The molecule has 0 unspecified atom stereocenters. The lowest BCUT2D eigenvalue weighted by molar-refractivity contribution is -0.384. The van der Waals surface area contributed by atoms with Crippen molar-refractivity contribution in [1.82, 2.24) is 15.1 Å². The zero-order valence-corrected chi connectivity index (χ0v) is 23.2. The van der Waals surface area contributed by atoms with Gasteiger partial charge in [-0.05, 0) is 67.5 Å². The highest BCUT2D eigenvalue weighted by Crippen LogP contribution is 2.39. The number of rotatable bonds is 8. The fraction of sp³-hybridized carbons (Fsp3) is 0.452. The monoisotopic (exact) mass is 559 g/mol. The summed E-state index contributed by atoms with van der Waals surface area (Å²) < 4.78 is 0. The van der Waals surface area contributed by atoms with Crippen molar-refractivity contribution >= 4 is 35.2 Å². The van der Waals surface area contributed by atoms with E-state index in [0.717, 1.165) is 18.5 Å². The maximum Gasteiger partial charge on any atom is 0.269 e. The summed E-state index contributed by atoms with van der Waals surface area (Å²) in [6.45, 7) is 1.82. The van der Waals surface area contributed by atoms with E-state index in [1.54, 1.807) is 28.0 Å². The van der Waals surface area contributed by atoms with Crippen LogP contribution >= 0.6 is 0 Å². The number of hydrogen-bond acceptors (Lipinski definition) is 6. The Bertz CT molecular complexity index is 1280. The number of nitro groups is 1. The van der Waals surface area contributed by atoms with Crippen LogP contribution in [0.3, 0.4) is 0 Å². The van der Waals surface area contributed by atoms with Crippen LogP contribution in [-0.4, -0.2) is 70.8 Å². The Balaban J connectivity index is 1.23. The Kier molecular flexibility index (Phi) is 8.66. The molecule has 0 bridgehead atoms. The van der Waals surface area contributed by atoms with Crippen molar-refractivity contribution in [2.24, 2.45) is 5.92 Å². The van der Waals surface area contributed by atoms with Gasteiger partial charge in [0.2, 0.25) is 11.8 Å². The van der Waals surface area contributed by atoms with Crippen LogP contribution in [0.1, 0.15) is 50.5 Å². The average Bonchev–Trinajstić information content (AvgIpc) is 3.26. The summed E-state index contributed by atoms with van der Waals surface area (Å²) in [6.07, 6.45) is 10.0. The molecule has 1 aliphatic carbocycles. The van der Waals surface area contributed by atoms with Gasteiger partial charge in [0, 0.05) is 43.5 Å². The van der Waals surface area contributed by atoms with Gasteiger partial charge in [-0.1, -0.05) is 37.5 Å². The van der Waals surface area contributed by atoms with Gasteiger partial charge in [-0.2, -0.15) is 0 Å². The molecule has 10 heteroatoms. The molecule has 216 valence electrons. The summed E-state index contributed by atoms with van der Waals surface area (Å²) in [5, 5.41) is 13.9. The third kappa shape index (κ3) is 6.42. The van der Waals surface area contributed by atoms with E-state index in [0.29, 0.717) is 50.6 Å². The summed E-state index contributed by atoms with van der Waals surface area (Å²) in [4.78, 5) is 55.6. The van der Waals surface area contributed by atoms with Gasteiger partial charge < -0.3 is 20.0 Å². The molecule has 0 radical (unpaired) electrons. The van der Waals surface area contributed by atoms with Crippen molar-refractivity contribution in [2.75, 3.05) is 37.7 Å². The number of benzene rings is 2. The number of carbonyl (C=O) groups is 3. The summed E-state index contributed by atoms with van der Waals surface area (Å²) >= 11 is 0. The molecule has 41 heavy (non-hydrogen) atoms. The first-order valence-corrected chi connectivity index (χ1v) is 14.5. The highest BCUT2D eigenvalue weighted by atomic mass is 16.6. The first kappa shape index (κ1) is 28.3. The van der Waals surface area contributed by atoms with E-state index in [1.807, 2.05) is 30.3 Å². The number of nitrogens with one attached hydrogen (secondary N) is 1. The van der Waals surface area contributed by atoms with E-state index < -0.39 is 10.5 Å². The second-order valence-electron chi connectivity index (χ2n) is 11.3. The summed E-state index contributed by atoms with van der Waals surface area (Å²) in [5.41, 5.74) is 0.791. The van der Waals surface area contributed by atoms with Crippen LogP contribution in [0.2, 0.25) is 0 Å². The molecular weight excluding hydrogens is 522 g/mol. The Hall–Kier alpha value is -4.21. The molecule has 1 spiro atoms. The molecule has 1 N–H and O–H groups in total. The van der Waals surface area contributed by atoms with Gasteiger partial charge in [-0.25, -0.2) is 0 Å². The quantitative estimate of drug-likeness (QED) is 0.297. The SMILES string of the molecule is O=C(CN1CN(c2ccccc2)C2(CCN(C(=O)/C=C/c3ccc([N+](=O)[O-])cc3)CC2)C1=O)NCC1CCCCC1. The molecule has 3 amide bonds. The number of non-ortho nitro benzene ring substituents is 1. The summed E-state index contributed by atoms with van der Waals surface area (Å²) in [5.74, 6) is 0.153.